The monoisotopic (exact) mass is 247 g/mol. The van der Waals surface area contributed by atoms with Crippen LogP contribution in [-0.4, -0.2) is 44.7 Å². The number of para-hydroxylation sites is 1. The van der Waals surface area contributed by atoms with E-state index in [-0.39, 0.29) is 0 Å². The molecule has 2 N–H and O–H groups in total. The van der Waals surface area contributed by atoms with Crippen molar-refractivity contribution < 1.29 is 0 Å². The fourth-order valence-electron chi connectivity index (χ4n) is 2.78. The maximum Gasteiger partial charge on any atom is 0.0399 e. The zero-order chi connectivity index (χ0) is 13.0. The van der Waals surface area contributed by atoms with Crippen LogP contribution in [0.5, 0.6) is 0 Å². The lowest BCUT2D eigenvalue weighted by Gasteiger charge is -2.38. The van der Waals surface area contributed by atoms with Crippen LogP contribution in [0.3, 0.4) is 0 Å². The van der Waals surface area contributed by atoms with Gasteiger partial charge >= 0.3 is 0 Å². The summed E-state index contributed by atoms with van der Waals surface area (Å²) in [6, 6.07) is 9.37. The standard InChI is InChI=1S/C15H25N3/c1-17(2)14-7-5-11-18(12-14)15-8-4-3-6-13(15)9-10-16/h3-4,6,8,14H,5,7,9-12,16H2,1-2H3. The zero-order valence-electron chi connectivity index (χ0n) is 11.6. The topological polar surface area (TPSA) is 32.5 Å². The predicted octanol–water partition coefficient (Wildman–Crippen LogP) is 1.72. The summed E-state index contributed by atoms with van der Waals surface area (Å²) in [5.41, 5.74) is 8.48. The van der Waals surface area contributed by atoms with Gasteiger partial charge in [0.25, 0.3) is 0 Å². The van der Waals surface area contributed by atoms with Gasteiger partial charge in [0.1, 0.15) is 0 Å². The number of hydrogen-bond acceptors (Lipinski definition) is 3. The van der Waals surface area contributed by atoms with Crippen LogP contribution in [0.2, 0.25) is 0 Å². The first-order valence-corrected chi connectivity index (χ1v) is 6.91. The molecule has 0 radical (unpaired) electrons. The molecule has 0 aromatic heterocycles. The van der Waals surface area contributed by atoms with Crippen molar-refractivity contribution in [2.45, 2.75) is 25.3 Å². The number of likely N-dealkylation sites (N-methyl/N-ethyl adjacent to an activating group) is 1. The molecule has 0 aliphatic carbocycles. The Morgan fingerprint density at radius 1 is 1.33 bits per heavy atom. The number of rotatable bonds is 4. The minimum atomic E-state index is 0.671. The van der Waals surface area contributed by atoms with Crippen LogP contribution in [-0.2, 0) is 6.42 Å². The van der Waals surface area contributed by atoms with Crippen LogP contribution < -0.4 is 10.6 Å². The lowest BCUT2D eigenvalue weighted by atomic mass is 10.0. The predicted molar refractivity (Wildman–Crippen MR) is 78.1 cm³/mol. The first-order valence-electron chi connectivity index (χ1n) is 6.91. The third-order valence-corrected chi connectivity index (χ3v) is 3.87. The second-order valence-electron chi connectivity index (χ2n) is 5.37. The van der Waals surface area contributed by atoms with Gasteiger partial charge in [-0.2, -0.15) is 0 Å². The Balaban J connectivity index is 2.15. The van der Waals surface area contributed by atoms with Gasteiger partial charge in [0.2, 0.25) is 0 Å². The minimum absolute atomic E-state index is 0.671. The Kier molecular flexibility index (Phi) is 4.61. The molecule has 1 aliphatic heterocycles. The van der Waals surface area contributed by atoms with Gasteiger partial charge < -0.3 is 15.5 Å². The molecule has 1 unspecified atom stereocenters. The first kappa shape index (κ1) is 13.4. The number of nitrogens with two attached hydrogens (primary N) is 1. The van der Waals surface area contributed by atoms with E-state index in [2.05, 4.69) is 48.2 Å². The van der Waals surface area contributed by atoms with Gasteiger partial charge in [-0.1, -0.05) is 18.2 Å². The molecule has 3 nitrogen and oxygen atoms in total. The summed E-state index contributed by atoms with van der Waals surface area (Å²) in [4.78, 5) is 4.87. The summed E-state index contributed by atoms with van der Waals surface area (Å²) in [7, 11) is 4.36. The van der Waals surface area contributed by atoms with Crippen LogP contribution in [0.1, 0.15) is 18.4 Å². The molecule has 0 saturated carbocycles. The Morgan fingerprint density at radius 3 is 2.83 bits per heavy atom. The van der Waals surface area contributed by atoms with Gasteiger partial charge in [-0.15, -0.1) is 0 Å². The van der Waals surface area contributed by atoms with E-state index in [1.54, 1.807) is 0 Å². The minimum Gasteiger partial charge on any atom is -0.370 e. The van der Waals surface area contributed by atoms with Gasteiger partial charge in [-0.3, -0.25) is 0 Å². The molecule has 18 heavy (non-hydrogen) atoms. The van der Waals surface area contributed by atoms with Crippen LogP contribution in [0, 0.1) is 0 Å². The van der Waals surface area contributed by atoms with E-state index in [0.29, 0.717) is 6.04 Å². The molecule has 3 heteroatoms. The molecule has 1 atom stereocenters. The normalized spacial score (nSPS) is 20.4. The quantitative estimate of drug-likeness (QED) is 0.879. The molecule has 2 rings (SSSR count). The van der Waals surface area contributed by atoms with Crippen molar-refractivity contribution in [3.05, 3.63) is 29.8 Å². The molecule has 1 saturated heterocycles. The summed E-state index contributed by atoms with van der Waals surface area (Å²) in [6.45, 7) is 3.03. The fourth-order valence-corrected chi connectivity index (χ4v) is 2.78. The molecule has 1 heterocycles. The average molecular weight is 247 g/mol. The Morgan fingerprint density at radius 2 is 2.11 bits per heavy atom. The highest BCUT2D eigenvalue weighted by Gasteiger charge is 2.22. The van der Waals surface area contributed by atoms with E-state index in [9.17, 15) is 0 Å². The number of anilines is 1. The molecular weight excluding hydrogens is 222 g/mol. The van der Waals surface area contributed by atoms with Crippen molar-refractivity contribution in [2.24, 2.45) is 5.73 Å². The summed E-state index contributed by atoms with van der Waals surface area (Å²) < 4.78 is 0. The van der Waals surface area contributed by atoms with Gasteiger partial charge in [-0.25, -0.2) is 0 Å². The lowest BCUT2D eigenvalue weighted by molar-refractivity contribution is 0.258. The fraction of sp³-hybridized carbons (Fsp3) is 0.600. The van der Waals surface area contributed by atoms with Crippen LogP contribution in [0.15, 0.2) is 24.3 Å². The van der Waals surface area contributed by atoms with E-state index >= 15 is 0 Å². The Hall–Kier alpha value is -1.06. The number of benzene rings is 1. The third kappa shape index (κ3) is 3.03. The van der Waals surface area contributed by atoms with E-state index in [4.69, 9.17) is 5.73 Å². The van der Waals surface area contributed by atoms with E-state index in [0.717, 1.165) is 19.5 Å². The maximum atomic E-state index is 5.71. The molecule has 0 bridgehead atoms. The highest BCUT2D eigenvalue weighted by atomic mass is 15.2. The second-order valence-corrected chi connectivity index (χ2v) is 5.37. The van der Waals surface area contributed by atoms with Gasteiger partial charge in [0.05, 0.1) is 0 Å². The van der Waals surface area contributed by atoms with Crippen molar-refractivity contribution >= 4 is 5.69 Å². The average Bonchev–Trinajstić information content (AvgIpc) is 2.40. The van der Waals surface area contributed by atoms with Crippen LogP contribution in [0.25, 0.3) is 0 Å². The second kappa shape index (κ2) is 6.21. The van der Waals surface area contributed by atoms with Gasteiger partial charge in [0.15, 0.2) is 0 Å². The van der Waals surface area contributed by atoms with Crippen molar-refractivity contribution in [1.82, 2.24) is 4.90 Å². The molecule has 1 aliphatic rings. The van der Waals surface area contributed by atoms with Crippen molar-refractivity contribution in [1.29, 1.82) is 0 Å². The molecular formula is C15H25N3. The van der Waals surface area contributed by atoms with Crippen LogP contribution in [0.4, 0.5) is 5.69 Å². The summed E-state index contributed by atoms with van der Waals surface area (Å²) >= 11 is 0. The Bertz CT molecular complexity index is 376. The third-order valence-electron chi connectivity index (χ3n) is 3.87. The van der Waals surface area contributed by atoms with Crippen molar-refractivity contribution in [3.8, 4) is 0 Å². The van der Waals surface area contributed by atoms with Crippen molar-refractivity contribution in [2.75, 3.05) is 38.6 Å². The molecule has 0 spiro atoms. The number of hydrogen-bond donors (Lipinski definition) is 1. The zero-order valence-corrected chi connectivity index (χ0v) is 11.6. The largest absolute Gasteiger partial charge is 0.370 e. The summed E-state index contributed by atoms with van der Waals surface area (Å²) in [5.74, 6) is 0. The Labute approximate surface area is 111 Å². The number of nitrogens with zero attached hydrogens (tertiary/aromatic N) is 2. The SMILES string of the molecule is CN(C)C1CCCN(c2ccccc2CCN)C1. The van der Waals surface area contributed by atoms with E-state index in [1.165, 1.54) is 30.6 Å². The first-order chi connectivity index (χ1) is 8.72. The smallest absolute Gasteiger partial charge is 0.0399 e. The van der Waals surface area contributed by atoms with Gasteiger partial charge in [-0.05, 0) is 51.5 Å². The molecule has 1 aromatic rings. The van der Waals surface area contributed by atoms with E-state index < -0.39 is 0 Å². The van der Waals surface area contributed by atoms with Gasteiger partial charge in [0, 0.05) is 24.8 Å². The van der Waals surface area contributed by atoms with Crippen LogP contribution >= 0.6 is 0 Å². The van der Waals surface area contributed by atoms with Crippen molar-refractivity contribution in [3.63, 3.8) is 0 Å². The molecule has 0 amide bonds. The van der Waals surface area contributed by atoms with E-state index in [1.807, 2.05) is 0 Å². The highest BCUT2D eigenvalue weighted by Crippen LogP contribution is 2.25. The molecule has 1 aromatic carbocycles. The summed E-state index contributed by atoms with van der Waals surface area (Å²) in [5, 5.41) is 0. The maximum absolute atomic E-state index is 5.71. The molecule has 1 fully saturated rings. The number of piperidine rings is 1. The summed E-state index contributed by atoms with van der Waals surface area (Å²) in [6.07, 6.45) is 3.56. The lowest BCUT2D eigenvalue weighted by Crippen LogP contribution is -2.45. The highest BCUT2D eigenvalue weighted by molar-refractivity contribution is 5.54. The molecule has 100 valence electrons.